The van der Waals surface area contributed by atoms with E-state index in [0.717, 1.165) is 37.3 Å². The molecule has 2 heterocycles. The molecule has 4 heteroatoms. The molecule has 4 nitrogen and oxygen atoms in total. The highest BCUT2D eigenvalue weighted by Crippen LogP contribution is 2.14. The van der Waals surface area contributed by atoms with E-state index < -0.39 is 0 Å². The van der Waals surface area contributed by atoms with Crippen molar-refractivity contribution in [3.8, 4) is 0 Å². The van der Waals surface area contributed by atoms with E-state index in [0.29, 0.717) is 5.76 Å². The summed E-state index contributed by atoms with van der Waals surface area (Å²) in [7, 11) is 2.08. The van der Waals surface area contributed by atoms with Gasteiger partial charge in [-0.2, -0.15) is 0 Å². The predicted molar refractivity (Wildman–Crippen MR) is 66.2 cm³/mol. The number of rotatable bonds is 2. The predicted octanol–water partition coefficient (Wildman–Crippen LogP) is 1.72. The minimum atomic E-state index is -0.0958. The number of carbonyl (C=O) groups is 1. The van der Waals surface area contributed by atoms with Crippen molar-refractivity contribution in [1.82, 2.24) is 10.2 Å². The van der Waals surface area contributed by atoms with Crippen LogP contribution in [0.15, 0.2) is 10.5 Å². The van der Waals surface area contributed by atoms with Crippen LogP contribution in [0.2, 0.25) is 0 Å². The Morgan fingerprint density at radius 3 is 2.88 bits per heavy atom. The van der Waals surface area contributed by atoms with Crippen LogP contribution >= 0.6 is 0 Å². The van der Waals surface area contributed by atoms with Crippen molar-refractivity contribution in [1.29, 1.82) is 0 Å². The lowest BCUT2D eigenvalue weighted by Gasteiger charge is -2.29. The summed E-state index contributed by atoms with van der Waals surface area (Å²) in [5, 5.41) is 3.03. The number of carbonyl (C=O) groups excluding carboxylic acids is 1. The highest BCUT2D eigenvalue weighted by Gasteiger charge is 2.21. The monoisotopic (exact) mass is 236 g/mol. The third-order valence-corrected chi connectivity index (χ3v) is 3.35. The normalized spacial score (nSPS) is 21.5. The van der Waals surface area contributed by atoms with Gasteiger partial charge in [0, 0.05) is 12.6 Å². The van der Waals surface area contributed by atoms with Gasteiger partial charge in [-0.05, 0) is 51.9 Å². The van der Waals surface area contributed by atoms with Gasteiger partial charge in [0.2, 0.25) is 0 Å². The second kappa shape index (κ2) is 4.92. The van der Waals surface area contributed by atoms with E-state index in [1.807, 2.05) is 13.8 Å². The number of furan rings is 1. The summed E-state index contributed by atoms with van der Waals surface area (Å²) >= 11 is 0. The molecular formula is C13H20N2O2. The molecule has 1 N–H and O–H groups in total. The third-order valence-electron chi connectivity index (χ3n) is 3.35. The summed E-state index contributed by atoms with van der Waals surface area (Å²) in [6.45, 7) is 5.86. The van der Waals surface area contributed by atoms with Gasteiger partial charge in [-0.15, -0.1) is 0 Å². The minimum absolute atomic E-state index is 0.0958. The van der Waals surface area contributed by atoms with Crippen molar-refractivity contribution < 1.29 is 9.21 Å². The number of likely N-dealkylation sites (N-methyl/N-ethyl adjacent to an activating group) is 1. The quantitative estimate of drug-likeness (QED) is 0.850. The first-order valence-corrected chi connectivity index (χ1v) is 6.12. The zero-order chi connectivity index (χ0) is 12.4. The van der Waals surface area contributed by atoms with Crippen molar-refractivity contribution in [3.63, 3.8) is 0 Å². The average Bonchev–Trinajstić information content (AvgIpc) is 2.59. The zero-order valence-corrected chi connectivity index (χ0v) is 10.7. The van der Waals surface area contributed by atoms with Gasteiger partial charge < -0.3 is 14.6 Å². The number of piperidine rings is 1. The molecule has 1 fully saturated rings. The molecule has 1 aromatic rings. The van der Waals surface area contributed by atoms with Gasteiger partial charge in [-0.3, -0.25) is 4.79 Å². The Balaban J connectivity index is 1.96. The van der Waals surface area contributed by atoms with Crippen LogP contribution in [-0.4, -0.2) is 37.0 Å². The summed E-state index contributed by atoms with van der Waals surface area (Å²) in [5.74, 6) is 1.14. The van der Waals surface area contributed by atoms with Crippen molar-refractivity contribution in [2.45, 2.75) is 32.7 Å². The van der Waals surface area contributed by atoms with Crippen molar-refractivity contribution in [2.75, 3.05) is 20.1 Å². The maximum absolute atomic E-state index is 12.0. The standard InChI is InChI=1S/C13H20N2O2/c1-9-7-12(17-10(9)2)13(16)14-11-5-4-6-15(3)8-11/h7,11H,4-6,8H2,1-3H3,(H,14,16)/t11-/m1/s1. The average molecular weight is 236 g/mol. The largest absolute Gasteiger partial charge is 0.456 e. The van der Waals surface area contributed by atoms with Gasteiger partial charge in [0.05, 0.1) is 0 Å². The van der Waals surface area contributed by atoms with Crippen LogP contribution < -0.4 is 5.32 Å². The molecule has 0 bridgehead atoms. The van der Waals surface area contributed by atoms with Crippen LogP contribution in [0.4, 0.5) is 0 Å². The molecule has 1 aliphatic heterocycles. The van der Waals surface area contributed by atoms with E-state index in [9.17, 15) is 4.79 Å². The lowest BCUT2D eigenvalue weighted by atomic mass is 10.1. The van der Waals surface area contributed by atoms with Crippen LogP contribution in [0.5, 0.6) is 0 Å². The molecule has 1 amide bonds. The first-order chi connectivity index (χ1) is 8.06. The van der Waals surface area contributed by atoms with Gasteiger partial charge in [0.25, 0.3) is 5.91 Å². The Kier molecular flexibility index (Phi) is 3.52. The number of hydrogen-bond donors (Lipinski definition) is 1. The number of hydrogen-bond acceptors (Lipinski definition) is 3. The molecule has 1 saturated heterocycles. The molecular weight excluding hydrogens is 216 g/mol. The third kappa shape index (κ3) is 2.88. The number of likely N-dealkylation sites (tertiary alicyclic amines) is 1. The first-order valence-electron chi connectivity index (χ1n) is 6.12. The highest BCUT2D eigenvalue weighted by molar-refractivity contribution is 5.92. The van der Waals surface area contributed by atoms with Crippen LogP contribution in [-0.2, 0) is 0 Å². The Hall–Kier alpha value is -1.29. The van der Waals surface area contributed by atoms with Gasteiger partial charge in [-0.1, -0.05) is 0 Å². The van der Waals surface area contributed by atoms with E-state index in [4.69, 9.17) is 4.42 Å². The maximum Gasteiger partial charge on any atom is 0.287 e. The van der Waals surface area contributed by atoms with Gasteiger partial charge >= 0.3 is 0 Å². The highest BCUT2D eigenvalue weighted by atomic mass is 16.3. The second-order valence-electron chi connectivity index (χ2n) is 4.92. The number of amides is 1. The summed E-state index contributed by atoms with van der Waals surface area (Å²) in [4.78, 5) is 14.2. The van der Waals surface area contributed by atoms with E-state index in [1.54, 1.807) is 6.07 Å². The molecule has 2 rings (SSSR count). The van der Waals surface area contributed by atoms with E-state index in [-0.39, 0.29) is 11.9 Å². The fourth-order valence-corrected chi connectivity index (χ4v) is 2.23. The van der Waals surface area contributed by atoms with Crippen molar-refractivity contribution >= 4 is 5.91 Å². The van der Waals surface area contributed by atoms with Crippen LogP contribution in [0.25, 0.3) is 0 Å². The molecule has 0 spiro atoms. The molecule has 0 unspecified atom stereocenters. The summed E-state index contributed by atoms with van der Waals surface area (Å²) in [5.41, 5.74) is 1.02. The number of aryl methyl sites for hydroxylation is 2. The molecule has 94 valence electrons. The molecule has 1 aliphatic rings. The first kappa shape index (κ1) is 12.2. The number of nitrogens with zero attached hydrogens (tertiary/aromatic N) is 1. The van der Waals surface area contributed by atoms with Gasteiger partial charge in [0.1, 0.15) is 5.76 Å². The van der Waals surface area contributed by atoms with E-state index in [2.05, 4.69) is 17.3 Å². The van der Waals surface area contributed by atoms with Crippen LogP contribution in [0.1, 0.15) is 34.7 Å². The van der Waals surface area contributed by atoms with Crippen LogP contribution in [0.3, 0.4) is 0 Å². The molecule has 0 aliphatic carbocycles. The topological polar surface area (TPSA) is 45.5 Å². The Bertz CT molecular complexity index is 392. The fourth-order valence-electron chi connectivity index (χ4n) is 2.23. The summed E-state index contributed by atoms with van der Waals surface area (Å²) < 4.78 is 5.42. The lowest BCUT2D eigenvalue weighted by Crippen LogP contribution is -2.46. The van der Waals surface area contributed by atoms with Crippen molar-refractivity contribution in [2.24, 2.45) is 0 Å². The smallest absolute Gasteiger partial charge is 0.287 e. The number of nitrogens with one attached hydrogen (secondary N) is 1. The van der Waals surface area contributed by atoms with Crippen molar-refractivity contribution in [3.05, 3.63) is 23.2 Å². The molecule has 1 aromatic heterocycles. The van der Waals surface area contributed by atoms with Gasteiger partial charge in [0.15, 0.2) is 5.76 Å². The SMILES string of the molecule is Cc1cc(C(=O)N[C@@H]2CCCN(C)C2)oc1C. The Labute approximate surface area is 102 Å². The summed E-state index contributed by atoms with van der Waals surface area (Å²) in [6.07, 6.45) is 2.19. The maximum atomic E-state index is 12.0. The van der Waals surface area contributed by atoms with E-state index in [1.165, 1.54) is 0 Å². The van der Waals surface area contributed by atoms with Crippen LogP contribution in [0, 0.1) is 13.8 Å². The Morgan fingerprint density at radius 1 is 1.53 bits per heavy atom. The summed E-state index contributed by atoms with van der Waals surface area (Å²) in [6, 6.07) is 2.05. The Morgan fingerprint density at radius 2 is 2.29 bits per heavy atom. The molecule has 1 atom stereocenters. The molecule has 0 saturated carbocycles. The second-order valence-corrected chi connectivity index (χ2v) is 4.92. The molecule has 0 aromatic carbocycles. The van der Waals surface area contributed by atoms with E-state index >= 15 is 0 Å². The lowest BCUT2D eigenvalue weighted by molar-refractivity contribution is 0.0883. The minimum Gasteiger partial charge on any atom is -0.456 e. The zero-order valence-electron chi connectivity index (χ0n) is 10.7. The fraction of sp³-hybridized carbons (Fsp3) is 0.615. The molecule has 0 radical (unpaired) electrons. The molecule has 17 heavy (non-hydrogen) atoms. The van der Waals surface area contributed by atoms with Gasteiger partial charge in [-0.25, -0.2) is 0 Å².